The molecule has 0 saturated carbocycles. The first-order valence-electron chi connectivity index (χ1n) is 6.01. The van der Waals surface area contributed by atoms with Crippen LogP contribution in [0.25, 0.3) is 5.76 Å². The van der Waals surface area contributed by atoms with E-state index in [-0.39, 0.29) is 12.4 Å². The number of carbonyl (C=O) groups excluding carboxylic acids is 2. The molecule has 0 atom stereocenters. The number of ether oxygens (including phenoxy) is 2. The zero-order valence-corrected chi connectivity index (χ0v) is 11.3. The molecule has 0 heterocycles. The number of allylic oxidation sites excluding steroid dienone is 2. The van der Waals surface area contributed by atoms with Gasteiger partial charge in [0.15, 0.2) is 0 Å². The second-order valence-corrected chi connectivity index (χ2v) is 3.72. The Hall–Kier alpha value is -2.56. The quantitative estimate of drug-likeness (QED) is 0.284. The first-order valence-corrected chi connectivity index (χ1v) is 6.01. The predicted octanol–water partition coefficient (Wildman–Crippen LogP) is 2.28. The molecule has 0 amide bonds. The largest absolute Gasteiger partial charge is 0.507 e. The van der Waals surface area contributed by atoms with E-state index in [1.54, 1.807) is 38.3 Å². The van der Waals surface area contributed by atoms with Crippen molar-refractivity contribution in [1.82, 2.24) is 0 Å². The first kappa shape index (κ1) is 15.5. The lowest BCUT2D eigenvalue weighted by Gasteiger charge is -2.01. The minimum atomic E-state index is -0.916. The average molecular weight is 276 g/mol. The van der Waals surface area contributed by atoms with Crippen molar-refractivity contribution in [1.29, 1.82) is 0 Å². The summed E-state index contributed by atoms with van der Waals surface area (Å²) in [6.07, 6.45) is 3.65. The van der Waals surface area contributed by atoms with Gasteiger partial charge in [0, 0.05) is 5.56 Å². The lowest BCUT2D eigenvalue weighted by atomic mass is 10.1. The van der Waals surface area contributed by atoms with E-state index < -0.39 is 11.8 Å². The van der Waals surface area contributed by atoms with Crippen LogP contribution in [0.3, 0.4) is 0 Å². The van der Waals surface area contributed by atoms with Gasteiger partial charge in [-0.25, -0.2) is 4.79 Å². The van der Waals surface area contributed by atoms with Crippen LogP contribution in [0.1, 0.15) is 12.5 Å². The van der Waals surface area contributed by atoms with Crippen LogP contribution in [-0.4, -0.2) is 30.6 Å². The highest BCUT2D eigenvalue weighted by Gasteiger charge is 2.09. The fourth-order valence-electron chi connectivity index (χ4n) is 1.35. The molecular formula is C15H16O5. The second kappa shape index (κ2) is 7.78. The Balaban J connectivity index is 2.68. The fraction of sp³-hybridized carbons (Fsp3) is 0.200. The third-order valence-corrected chi connectivity index (χ3v) is 2.36. The summed E-state index contributed by atoms with van der Waals surface area (Å²) in [4.78, 5) is 22.3. The van der Waals surface area contributed by atoms with Crippen molar-refractivity contribution in [2.45, 2.75) is 6.92 Å². The van der Waals surface area contributed by atoms with Crippen LogP contribution in [0.2, 0.25) is 0 Å². The monoisotopic (exact) mass is 276 g/mol. The van der Waals surface area contributed by atoms with Gasteiger partial charge in [0.1, 0.15) is 11.5 Å². The van der Waals surface area contributed by atoms with Crippen LogP contribution in [0, 0.1) is 0 Å². The van der Waals surface area contributed by atoms with E-state index in [0.717, 1.165) is 6.08 Å². The molecular weight excluding hydrogens is 260 g/mol. The molecule has 0 aliphatic rings. The Kier molecular flexibility index (Phi) is 6.03. The summed E-state index contributed by atoms with van der Waals surface area (Å²) >= 11 is 0. The van der Waals surface area contributed by atoms with Crippen molar-refractivity contribution in [3.8, 4) is 5.75 Å². The molecule has 5 heteroatoms. The number of hydrogen-bond donors (Lipinski definition) is 1. The zero-order valence-electron chi connectivity index (χ0n) is 11.3. The molecule has 0 spiro atoms. The van der Waals surface area contributed by atoms with Gasteiger partial charge in [-0.3, -0.25) is 4.79 Å². The van der Waals surface area contributed by atoms with Gasteiger partial charge in [0.05, 0.1) is 13.7 Å². The van der Waals surface area contributed by atoms with Crippen molar-refractivity contribution in [2.24, 2.45) is 0 Å². The van der Waals surface area contributed by atoms with Crippen molar-refractivity contribution in [3.05, 3.63) is 48.1 Å². The molecule has 106 valence electrons. The van der Waals surface area contributed by atoms with Crippen LogP contribution in [0.4, 0.5) is 0 Å². The Morgan fingerprint density at radius 2 is 1.90 bits per heavy atom. The van der Waals surface area contributed by atoms with Gasteiger partial charge in [0.2, 0.25) is 0 Å². The molecule has 0 bridgehead atoms. The highest BCUT2D eigenvalue weighted by molar-refractivity contribution is 6.38. The molecule has 1 rings (SSSR count). The predicted molar refractivity (Wildman–Crippen MR) is 74.4 cm³/mol. The number of aliphatic hydroxyl groups excluding tert-OH is 1. The Labute approximate surface area is 117 Å². The van der Waals surface area contributed by atoms with Crippen molar-refractivity contribution in [2.75, 3.05) is 13.7 Å². The third kappa shape index (κ3) is 4.61. The normalized spacial score (nSPS) is 11.4. The third-order valence-electron chi connectivity index (χ3n) is 2.36. The van der Waals surface area contributed by atoms with Crippen LogP contribution < -0.4 is 4.74 Å². The van der Waals surface area contributed by atoms with E-state index in [2.05, 4.69) is 4.74 Å². The molecule has 0 unspecified atom stereocenters. The summed E-state index contributed by atoms with van der Waals surface area (Å²) in [7, 11) is 1.55. The highest BCUT2D eigenvalue weighted by atomic mass is 16.5. The lowest BCUT2D eigenvalue weighted by molar-refractivity contribution is -0.151. The number of hydrogen-bond acceptors (Lipinski definition) is 5. The summed E-state index contributed by atoms with van der Waals surface area (Å²) in [5, 5.41) is 9.78. The molecule has 0 saturated heterocycles. The molecule has 20 heavy (non-hydrogen) atoms. The number of rotatable bonds is 6. The van der Waals surface area contributed by atoms with Crippen LogP contribution >= 0.6 is 0 Å². The maximum absolute atomic E-state index is 11.2. The molecule has 0 aliphatic carbocycles. The number of benzene rings is 1. The van der Waals surface area contributed by atoms with E-state index in [4.69, 9.17) is 4.74 Å². The van der Waals surface area contributed by atoms with E-state index in [1.165, 1.54) is 12.2 Å². The van der Waals surface area contributed by atoms with Gasteiger partial charge in [-0.1, -0.05) is 6.08 Å². The Bertz CT molecular complexity index is 526. The van der Waals surface area contributed by atoms with Gasteiger partial charge >= 0.3 is 5.97 Å². The molecule has 0 radical (unpaired) electrons. The van der Waals surface area contributed by atoms with E-state index in [1.807, 2.05) is 0 Å². The minimum absolute atomic E-state index is 0.0273. The van der Waals surface area contributed by atoms with Crippen LogP contribution in [-0.2, 0) is 14.3 Å². The summed E-state index contributed by atoms with van der Waals surface area (Å²) in [5.74, 6) is -1.04. The maximum Gasteiger partial charge on any atom is 0.379 e. The summed E-state index contributed by atoms with van der Waals surface area (Å²) < 4.78 is 9.53. The van der Waals surface area contributed by atoms with E-state index >= 15 is 0 Å². The fourth-order valence-corrected chi connectivity index (χ4v) is 1.35. The molecule has 1 aromatic rings. The first-order chi connectivity index (χ1) is 9.58. The van der Waals surface area contributed by atoms with Crippen molar-refractivity contribution >= 4 is 17.5 Å². The van der Waals surface area contributed by atoms with Crippen molar-refractivity contribution < 1.29 is 24.2 Å². The highest BCUT2D eigenvalue weighted by Crippen LogP contribution is 2.16. The molecule has 0 fully saturated rings. The van der Waals surface area contributed by atoms with Crippen LogP contribution in [0.15, 0.2) is 42.5 Å². The molecule has 0 aromatic heterocycles. The number of carbonyl (C=O) groups is 2. The van der Waals surface area contributed by atoms with Gasteiger partial charge in [-0.2, -0.15) is 0 Å². The molecule has 0 aliphatic heterocycles. The number of esters is 1. The molecule has 1 N–H and O–H groups in total. The van der Waals surface area contributed by atoms with Gasteiger partial charge in [-0.05, 0) is 43.3 Å². The Morgan fingerprint density at radius 3 is 2.45 bits per heavy atom. The van der Waals surface area contributed by atoms with Gasteiger partial charge in [-0.15, -0.1) is 0 Å². The maximum atomic E-state index is 11.2. The second-order valence-electron chi connectivity index (χ2n) is 3.72. The topological polar surface area (TPSA) is 72.8 Å². The van der Waals surface area contributed by atoms with Gasteiger partial charge < -0.3 is 14.6 Å². The smallest absolute Gasteiger partial charge is 0.379 e. The number of methoxy groups -OCH3 is 1. The Morgan fingerprint density at radius 1 is 1.25 bits per heavy atom. The molecule has 1 aromatic carbocycles. The SMILES string of the molecule is CCOC(=O)C(=O)/C=C/C=C(\O)c1ccc(OC)cc1. The number of aliphatic hydroxyl groups is 1. The standard InChI is InChI=1S/C15H16O5/c1-3-20-15(18)14(17)6-4-5-13(16)11-7-9-12(19-2)10-8-11/h4-10,16H,3H2,1-2H3/b6-4+,13-5-. The van der Waals surface area contributed by atoms with E-state index in [0.29, 0.717) is 11.3 Å². The van der Waals surface area contributed by atoms with E-state index in [9.17, 15) is 14.7 Å². The molecule has 5 nitrogen and oxygen atoms in total. The summed E-state index contributed by atoms with van der Waals surface area (Å²) in [6, 6.07) is 6.75. The minimum Gasteiger partial charge on any atom is -0.507 e. The van der Waals surface area contributed by atoms with Gasteiger partial charge in [0.25, 0.3) is 5.78 Å². The van der Waals surface area contributed by atoms with Crippen LogP contribution in [0.5, 0.6) is 5.75 Å². The summed E-state index contributed by atoms with van der Waals surface area (Å²) in [6.45, 7) is 1.76. The zero-order chi connectivity index (χ0) is 15.0. The average Bonchev–Trinajstić information content (AvgIpc) is 2.47. The van der Waals surface area contributed by atoms with Crippen molar-refractivity contribution in [3.63, 3.8) is 0 Å². The lowest BCUT2D eigenvalue weighted by Crippen LogP contribution is -2.14. The number of ketones is 1. The summed E-state index contributed by atoms with van der Waals surface area (Å²) in [5.41, 5.74) is 0.569.